The van der Waals surface area contributed by atoms with Crippen molar-refractivity contribution in [3.63, 3.8) is 0 Å². The van der Waals surface area contributed by atoms with Crippen LogP contribution in [0.3, 0.4) is 0 Å². The molecule has 5 saturated heterocycles. The number of piperidine rings is 2. The Morgan fingerprint density at radius 1 is 1.03 bits per heavy atom. The lowest BCUT2D eigenvalue weighted by Crippen LogP contribution is -2.57. The molecule has 0 aromatic carbocycles. The van der Waals surface area contributed by atoms with E-state index in [4.69, 9.17) is 21.1 Å². The Morgan fingerprint density at radius 2 is 1.84 bits per heavy atom. The molecule has 11 atom stereocenters. The third kappa shape index (κ3) is 5.92. The largest absolute Gasteiger partial charge is 0.380 e. The van der Waals surface area contributed by atoms with Gasteiger partial charge in [0.1, 0.15) is 11.7 Å². The predicted octanol–water partition coefficient (Wildman–Crippen LogP) is -0.856. The van der Waals surface area contributed by atoms with Gasteiger partial charge in [-0.05, 0) is 31.6 Å². The number of hydrogen-bond acceptors (Lipinski definition) is 10. The second kappa shape index (κ2) is 11.8. The standard InChI is InChI=1S/C24H42ClN7O4S/c1-12-5-13(14-6-20(25)27-8-18(14)35-3)15(7-26-12)21(33)29-24-28-17-10-32(11-19(17)37-24)23(34)16-9-31(2)30-22(16)36-4/h12-20,22,24,26-28,30H,5-11H2,1-4H3,(H,29,33). The summed E-state index contributed by atoms with van der Waals surface area (Å²) in [5.74, 6) is 0.279. The van der Waals surface area contributed by atoms with E-state index in [-0.39, 0.29) is 70.1 Å². The molecule has 0 aromatic heterocycles. The van der Waals surface area contributed by atoms with E-state index >= 15 is 0 Å². The minimum atomic E-state index is -0.294. The molecule has 11 nitrogen and oxygen atoms in total. The van der Waals surface area contributed by atoms with Crippen molar-refractivity contribution < 1.29 is 19.1 Å². The fraction of sp³-hybridized carbons (Fsp3) is 0.917. The van der Waals surface area contributed by atoms with E-state index in [0.717, 1.165) is 12.8 Å². The van der Waals surface area contributed by atoms with E-state index in [0.29, 0.717) is 38.8 Å². The lowest BCUT2D eigenvalue weighted by Gasteiger charge is -2.45. The molecule has 0 saturated carbocycles. The minimum Gasteiger partial charge on any atom is -0.380 e. The summed E-state index contributed by atoms with van der Waals surface area (Å²) in [7, 11) is 5.29. The van der Waals surface area contributed by atoms with E-state index in [2.05, 4.69) is 33.6 Å². The molecule has 5 aliphatic rings. The van der Waals surface area contributed by atoms with Gasteiger partial charge in [-0.3, -0.25) is 20.2 Å². The van der Waals surface area contributed by atoms with E-state index < -0.39 is 0 Å². The van der Waals surface area contributed by atoms with Gasteiger partial charge in [-0.25, -0.2) is 10.4 Å². The number of hydrogen-bond donors (Lipinski definition) is 5. The fourth-order valence-electron chi connectivity index (χ4n) is 6.86. The molecule has 5 aliphatic heterocycles. The van der Waals surface area contributed by atoms with Crippen LogP contribution in [0.15, 0.2) is 0 Å². The van der Waals surface area contributed by atoms with Gasteiger partial charge < -0.3 is 25.0 Å². The number of thioether (sulfide) groups is 1. The van der Waals surface area contributed by atoms with Gasteiger partial charge in [0, 0.05) is 71.3 Å². The molecule has 2 amide bonds. The molecule has 0 aliphatic carbocycles. The van der Waals surface area contributed by atoms with Crippen LogP contribution < -0.4 is 26.7 Å². The smallest absolute Gasteiger partial charge is 0.231 e. The molecule has 5 rings (SSSR count). The van der Waals surface area contributed by atoms with Gasteiger partial charge in [-0.15, -0.1) is 23.4 Å². The van der Waals surface area contributed by atoms with E-state index in [9.17, 15) is 9.59 Å². The number of nitrogens with zero attached hydrogens (tertiary/aromatic N) is 2. The zero-order valence-corrected chi connectivity index (χ0v) is 23.7. The summed E-state index contributed by atoms with van der Waals surface area (Å²) in [5.41, 5.74) is 2.93. The third-order valence-corrected chi connectivity index (χ3v) is 10.5. The average Bonchev–Trinajstić information content (AvgIpc) is 3.56. The number of nitrogens with one attached hydrogen (secondary N) is 5. The SMILES string of the molecule is COC1CNC(Cl)CC1C1CC(C)NCC1C(=O)NC1NC2CN(C(=O)C3CN(C)NC3OC)CC2S1. The maximum absolute atomic E-state index is 13.6. The number of fused-ring (bicyclic) bond motifs is 1. The van der Waals surface area contributed by atoms with Crippen molar-refractivity contribution in [2.45, 2.75) is 60.4 Å². The molecule has 0 radical (unpaired) electrons. The highest BCUT2D eigenvalue weighted by Crippen LogP contribution is 2.38. The number of carbonyl (C=O) groups excluding carboxylic acids is 2. The normalized spacial score (nSPS) is 44.7. The number of methoxy groups -OCH3 is 2. The maximum Gasteiger partial charge on any atom is 0.231 e. The van der Waals surface area contributed by atoms with Crippen molar-refractivity contribution in [2.24, 2.45) is 23.7 Å². The quantitative estimate of drug-likeness (QED) is 0.208. The van der Waals surface area contributed by atoms with Crippen LogP contribution in [0.5, 0.6) is 0 Å². The first kappa shape index (κ1) is 27.9. The molecule has 0 bridgehead atoms. The van der Waals surface area contributed by atoms with Crippen molar-refractivity contribution in [1.82, 2.24) is 36.6 Å². The van der Waals surface area contributed by atoms with Crippen LogP contribution in [0.1, 0.15) is 19.8 Å². The van der Waals surface area contributed by atoms with Gasteiger partial charge in [0.05, 0.1) is 23.4 Å². The zero-order chi connectivity index (χ0) is 26.3. The summed E-state index contributed by atoms with van der Waals surface area (Å²) in [6.07, 6.45) is 1.47. The van der Waals surface area contributed by atoms with Crippen LogP contribution in [0.25, 0.3) is 0 Å². The molecule has 5 fully saturated rings. The summed E-state index contributed by atoms with van der Waals surface area (Å²) in [4.78, 5) is 28.7. The highest BCUT2D eigenvalue weighted by atomic mass is 35.5. The molecule has 0 aromatic rings. The summed E-state index contributed by atoms with van der Waals surface area (Å²) in [6, 6.07) is 0.511. The lowest BCUT2D eigenvalue weighted by atomic mass is 9.70. The Balaban J connectivity index is 1.16. The van der Waals surface area contributed by atoms with Crippen molar-refractivity contribution in [1.29, 1.82) is 0 Å². The summed E-state index contributed by atoms with van der Waals surface area (Å²) >= 11 is 8.19. The Bertz CT molecular complexity index is 831. The topological polar surface area (TPSA) is 119 Å². The van der Waals surface area contributed by atoms with Gasteiger partial charge in [0.2, 0.25) is 11.8 Å². The average molecular weight is 560 g/mol. The van der Waals surface area contributed by atoms with Crippen LogP contribution in [0.2, 0.25) is 0 Å². The van der Waals surface area contributed by atoms with Gasteiger partial charge >= 0.3 is 0 Å². The number of likely N-dealkylation sites (tertiary alicyclic amines) is 1. The molecular formula is C24H42ClN7O4S. The number of alkyl halides is 1. The van der Waals surface area contributed by atoms with Crippen molar-refractivity contribution in [3.05, 3.63) is 0 Å². The highest BCUT2D eigenvalue weighted by Gasteiger charge is 2.48. The Morgan fingerprint density at radius 3 is 2.57 bits per heavy atom. The van der Waals surface area contributed by atoms with Gasteiger partial charge in [-0.1, -0.05) is 0 Å². The number of ether oxygens (including phenoxy) is 2. The number of rotatable bonds is 6. The van der Waals surface area contributed by atoms with Crippen molar-refractivity contribution >= 4 is 35.2 Å². The second-order valence-electron chi connectivity index (χ2n) is 11.2. The minimum absolute atomic E-state index is 0.0509. The van der Waals surface area contributed by atoms with Gasteiger partial charge in [0.25, 0.3) is 0 Å². The Labute approximate surface area is 228 Å². The van der Waals surface area contributed by atoms with E-state index in [1.807, 2.05) is 17.0 Å². The van der Waals surface area contributed by atoms with Crippen LogP contribution >= 0.6 is 23.4 Å². The van der Waals surface area contributed by atoms with Crippen molar-refractivity contribution in [3.8, 4) is 0 Å². The molecule has 210 valence electrons. The zero-order valence-electron chi connectivity index (χ0n) is 22.1. The lowest BCUT2D eigenvalue weighted by molar-refractivity contribution is -0.138. The first-order chi connectivity index (χ1) is 17.8. The number of amides is 2. The van der Waals surface area contributed by atoms with E-state index in [1.54, 1.807) is 26.0 Å². The van der Waals surface area contributed by atoms with Gasteiger partial charge in [-0.2, -0.15) is 0 Å². The molecule has 37 heavy (non-hydrogen) atoms. The number of carbonyl (C=O) groups is 2. The first-order valence-corrected chi connectivity index (χ1v) is 14.8. The molecule has 0 spiro atoms. The van der Waals surface area contributed by atoms with Crippen LogP contribution in [0.4, 0.5) is 0 Å². The monoisotopic (exact) mass is 559 g/mol. The molecular weight excluding hydrogens is 518 g/mol. The molecule has 11 unspecified atom stereocenters. The number of halogens is 1. The predicted molar refractivity (Wildman–Crippen MR) is 142 cm³/mol. The van der Waals surface area contributed by atoms with Crippen LogP contribution in [-0.4, -0.2) is 116 Å². The molecule has 13 heteroatoms. The van der Waals surface area contributed by atoms with Crippen LogP contribution in [0, 0.1) is 23.7 Å². The summed E-state index contributed by atoms with van der Waals surface area (Å²) in [5, 5.41) is 15.8. The Kier molecular flexibility index (Phi) is 8.89. The third-order valence-electron chi connectivity index (χ3n) is 8.80. The van der Waals surface area contributed by atoms with Gasteiger partial charge in [0.15, 0.2) is 0 Å². The highest BCUT2D eigenvalue weighted by molar-refractivity contribution is 8.00. The van der Waals surface area contributed by atoms with Crippen molar-refractivity contribution in [2.75, 3.05) is 54.0 Å². The van der Waals surface area contributed by atoms with E-state index in [1.165, 1.54) is 0 Å². The van der Waals surface area contributed by atoms with Crippen LogP contribution in [-0.2, 0) is 19.1 Å². The molecule has 5 heterocycles. The Hall–Kier alpha value is -0.700. The second-order valence-corrected chi connectivity index (χ2v) is 13.1. The number of hydrazine groups is 1. The maximum atomic E-state index is 13.6. The first-order valence-electron chi connectivity index (χ1n) is 13.4. The summed E-state index contributed by atoms with van der Waals surface area (Å²) in [6.45, 7) is 5.49. The summed E-state index contributed by atoms with van der Waals surface area (Å²) < 4.78 is 11.3. The fourth-order valence-corrected chi connectivity index (χ4v) is 8.56. The molecule has 5 N–H and O–H groups in total.